The summed E-state index contributed by atoms with van der Waals surface area (Å²) in [5.74, 6) is -1.29. The Morgan fingerprint density at radius 1 is 1.40 bits per heavy atom. The summed E-state index contributed by atoms with van der Waals surface area (Å²) in [5, 5.41) is 5.55. The number of nitrogens with one attached hydrogen (secondary N) is 2. The first kappa shape index (κ1) is 14.8. The Kier molecular flexibility index (Phi) is 4.99. The maximum atomic E-state index is 11.9. The van der Waals surface area contributed by atoms with E-state index >= 15 is 0 Å². The highest BCUT2D eigenvalue weighted by atomic mass is 32.2. The molecule has 2 atom stereocenters. The summed E-state index contributed by atoms with van der Waals surface area (Å²) < 4.78 is 16.5. The first-order valence-corrected chi connectivity index (χ1v) is 7.75. The number of ether oxygens (including phenoxy) is 1. The van der Waals surface area contributed by atoms with Gasteiger partial charge in [-0.3, -0.25) is 19.1 Å². The van der Waals surface area contributed by atoms with E-state index < -0.39 is 22.5 Å². The van der Waals surface area contributed by atoms with Crippen LogP contribution in [0.4, 0.5) is 0 Å². The van der Waals surface area contributed by atoms with Crippen molar-refractivity contribution in [3.63, 3.8) is 0 Å². The fourth-order valence-electron chi connectivity index (χ4n) is 1.81. The predicted octanol–water partition coefficient (Wildman–Crippen LogP) is -0.331. The SMILES string of the molecule is CS(=O)c1ccc(C(=O)C(=O)NCC2NCCO2)cc1. The quantitative estimate of drug-likeness (QED) is 0.574. The molecule has 1 saturated heterocycles. The third-order valence-electron chi connectivity index (χ3n) is 2.90. The second-order valence-corrected chi connectivity index (χ2v) is 5.71. The number of amides is 1. The van der Waals surface area contributed by atoms with E-state index in [2.05, 4.69) is 10.6 Å². The van der Waals surface area contributed by atoms with Crippen LogP contribution in [-0.2, 0) is 20.3 Å². The van der Waals surface area contributed by atoms with Crippen molar-refractivity contribution in [3.8, 4) is 0 Å². The molecule has 0 aliphatic carbocycles. The lowest BCUT2D eigenvalue weighted by molar-refractivity contribution is -0.117. The Morgan fingerprint density at radius 3 is 2.65 bits per heavy atom. The first-order chi connectivity index (χ1) is 9.58. The molecule has 6 nitrogen and oxygen atoms in total. The summed E-state index contributed by atoms with van der Waals surface area (Å²) in [5.41, 5.74) is 0.275. The van der Waals surface area contributed by atoms with Gasteiger partial charge in [-0.2, -0.15) is 0 Å². The van der Waals surface area contributed by atoms with Gasteiger partial charge in [-0.1, -0.05) is 0 Å². The number of hydrogen-bond donors (Lipinski definition) is 2. The van der Waals surface area contributed by atoms with E-state index in [1.807, 2.05) is 0 Å². The molecule has 1 aliphatic rings. The van der Waals surface area contributed by atoms with Crippen molar-refractivity contribution in [2.75, 3.05) is 26.0 Å². The van der Waals surface area contributed by atoms with Crippen molar-refractivity contribution in [3.05, 3.63) is 29.8 Å². The number of carbonyl (C=O) groups excluding carboxylic acids is 2. The zero-order valence-corrected chi connectivity index (χ0v) is 11.9. The number of ketones is 1. The normalized spacial score (nSPS) is 19.6. The third kappa shape index (κ3) is 3.72. The van der Waals surface area contributed by atoms with Crippen LogP contribution in [0, 0.1) is 0 Å². The minimum absolute atomic E-state index is 0.239. The van der Waals surface area contributed by atoms with E-state index in [4.69, 9.17) is 4.74 Å². The predicted molar refractivity (Wildman–Crippen MR) is 73.9 cm³/mol. The van der Waals surface area contributed by atoms with Crippen molar-refractivity contribution in [2.24, 2.45) is 0 Å². The van der Waals surface area contributed by atoms with Crippen molar-refractivity contribution < 1.29 is 18.5 Å². The number of Topliss-reactive ketones (excluding diaryl/α,β-unsaturated/α-hetero) is 1. The molecular formula is C13H16N2O4S. The summed E-state index contributed by atoms with van der Waals surface area (Å²) in [6.07, 6.45) is 1.31. The summed E-state index contributed by atoms with van der Waals surface area (Å²) in [4.78, 5) is 24.2. The van der Waals surface area contributed by atoms with E-state index in [1.165, 1.54) is 12.1 Å². The Morgan fingerprint density at radius 2 is 2.10 bits per heavy atom. The molecule has 2 unspecified atom stereocenters. The summed E-state index contributed by atoms with van der Waals surface area (Å²) >= 11 is 0. The Hall–Kier alpha value is -1.57. The van der Waals surface area contributed by atoms with Crippen LogP contribution >= 0.6 is 0 Å². The summed E-state index contributed by atoms with van der Waals surface area (Å²) in [7, 11) is -1.10. The average molecular weight is 296 g/mol. The van der Waals surface area contributed by atoms with Gasteiger partial charge in [-0.05, 0) is 24.3 Å². The fourth-order valence-corrected chi connectivity index (χ4v) is 2.33. The van der Waals surface area contributed by atoms with Crippen LogP contribution in [0.5, 0.6) is 0 Å². The molecule has 1 aliphatic heterocycles. The van der Waals surface area contributed by atoms with Gasteiger partial charge in [0.2, 0.25) is 5.78 Å². The molecule has 0 bridgehead atoms. The molecule has 108 valence electrons. The van der Waals surface area contributed by atoms with Crippen LogP contribution in [0.25, 0.3) is 0 Å². The van der Waals surface area contributed by atoms with Crippen molar-refractivity contribution in [2.45, 2.75) is 11.1 Å². The topological polar surface area (TPSA) is 84.5 Å². The molecule has 2 rings (SSSR count). The highest BCUT2D eigenvalue weighted by Gasteiger charge is 2.19. The van der Waals surface area contributed by atoms with Crippen LogP contribution in [0.1, 0.15) is 10.4 Å². The number of carbonyl (C=O) groups is 2. The minimum atomic E-state index is -1.10. The molecule has 1 heterocycles. The third-order valence-corrected chi connectivity index (χ3v) is 3.83. The van der Waals surface area contributed by atoms with Gasteiger partial charge in [0.25, 0.3) is 5.91 Å². The second kappa shape index (κ2) is 6.74. The van der Waals surface area contributed by atoms with E-state index in [1.54, 1.807) is 18.4 Å². The molecule has 1 amide bonds. The van der Waals surface area contributed by atoms with Crippen molar-refractivity contribution >= 4 is 22.5 Å². The molecular weight excluding hydrogens is 280 g/mol. The minimum Gasteiger partial charge on any atom is -0.360 e. The lowest BCUT2D eigenvalue weighted by Gasteiger charge is -2.10. The molecule has 7 heteroatoms. The smallest absolute Gasteiger partial charge is 0.292 e. The molecule has 20 heavy (non-hydrogen) atoms. The van der Waals surface area contributed by atoms with Gasteiger partial charge < -0.3 is 10.1 Å². The maximum Gasteiger partial charge on any atom is 0.292 e. The lowest BCUT2D eigenvalue weighted by Crippen LogP contribution is -2.40. The van der Waals surface area contributed by atoms with E-state index in [9.17, 15) is 13.8 Å². The van der Waals surface area contributed by atoms with Crippen LogP contribution in [0.15, 0.2) is 29.2 Å². The van der Waals surface area contributed by atoms with E-state index in [0.717, 1.165) is 6.54 Å². The molecule has 0 aromatic heterocycles. The van der Waals surface area contributed by atoms with E-state index in [0.29, 0.717) is 11.5 Å². The van der Waals surface area contributed by atoms with Gasteiger partial charge in [-0.25, -0.2) is 0 Å². The molecule has 1 aromatic carbocycles. The van der Waals surface area contributed by atoms with Crippen molar-refractivity contribution in [1.29, 1.82) is 0 Å². The second-order valence-electron chi connectivity index (χ2n) is 4.33. The van der Waals surface area contributed by atoms with Crippen LogP contribution < -0.4 is 10.6 Å². The number of benzene rings is 1. The molecule has 0 saturated carbocycles. The highest BCUT2D eigenvalue weighted by molar-refractivity contribution is 7.84. The maximum absolute atomic E-state index is 11.9. The zero-order valence-electron chi connectivity index (χ0n) is 11.0. The Labute approximate surface area is 119 Å². The standard InChI is InChI=1S/C13H16N2O4S/c1-20(18)10-4-2-9(3-5-10)12(16)13(17)15-8-11-14-6-7-19-11/h2-5,11,14H,6-8H2,1H3,(H,15,17). The largest absolute Gasteiger partial charge is 0.360 e. The van der Waals surface area contributed by atoms with Gasteiger partial charge >= 0.3 is 0 Å². The number of rotatable bonds is 5. The highest BCUT2D eigenvalue weighted by Crippen LogP contribution is 2.08. The molecule has 2 N–H and O–H groups in total. The van der Waals surface area contributed by atoms with E-state index in [-0.39, 0.29) is 18.3 Å². The first-order valence-electron chi connectivity index (χ1n) is 6.19. The zero-order chi connectivity index (χ0) is 14.5. The van der Waals surface area contributed by atoms with Gasteiger partial charge in [-0.15, -0.1) is 0 Å². The molecule has 1 aromatic rings. The molecule has 1 fully saturated rings. The van der Waals surface area contributed by atoms with Gasteiger partial charge in [0, 0.05) is 34.1 Å². The molecule has 0 radical (unpaired) electrons. The average Bonchev–Trinajstić information content (AvgIpc) is 2.97. The monoisotopic (exact) mass is 296 g/mol. The fraction of sp³-hybridized carbons (Fsp3) is 0.385. The van der Waals surface area contributed by atoms with Gasteiger partial charge in [0.15, 0.2) is 0 Å². The van der Waals surface area contributed by atoms with Gasteiger partial charge in [0.05, 0.1) is 13.2 Å². The Balaban J connectivity index is 1.92. The summed E-state index contributed by atoms with van der Waals surface area (Å²) in [6, 6.07) is 6.17. The molecule has 0 spiro atoms. The van der Waals surface area contributed by atoms with Crippen LogP contribution in [-0.4, -0.2) is 48.1 Å². The van der Waals surface area contributed by atoms with Gasteiger partial charge in [0.1, 0.15) is 6.23 Å². The van der Waals surface area contributed by atoms with Crippen LogP contribution in [0.2, 0.25) is 0 Å². The lowest BCUT2D eigenvalue weighted by atomic mass is 10.1. The van der Waals surface area contributed by atoms with Crippen LogP contribution in [0.3, 0.4) is 0 Å². The van der Waals surface area contributed by atoms with Crippen molar-refractivity contribution in [1.82, 2.24) is 10.6 Å². The number of hydrogen-bond acceptors (Lipinski definition) is 5. The Bertz CT molecular complexity index is 524. The summed E-state index contributed by atoms with van der Waals surface area (Å²) in [6.45, 7) is 1.59.